The maximum absolute atomic E-state index is 7.18. The Labute approximate surface area is 169 Å². The molecule has 29 heavy (non-hydrogen) atoms. The molecule has 0 aliphatic heterocycles. The van der Waals surface area contributed by atoms with Crippen molar-refractivity contribution in [3.05, 3.63) is 96.0 Å². The Morgan fingerprint density at radius 3 is 2.48 bits per heavy atom. The molecule has 3 aromatic carbocycles. The molecule has 0 aliphatic rings. The third-order valence-electron chi connectivity index (χ3n) is 5.49. The summed E-state index contributed by atoms with van der Waals surface area (Å²) < 4.78 is 8.54. The van der Waals surface area contributed by atoms with Crippen molar-refractivity contribution in [1.82, 2.24) is 0 Å². The van der Waals surface area contributed by atoms with Crippen molar-refractivity contribution in [3.8, 4) is 22.4 Å². The van der Waals surface area contributed by atoms with Crippen molar-refractivity contribution in [2.45, 2.75) is 6.92 Å². The molecule has 0 amide bonds. The Morgan fingerprint density at radius 2 is 1.72 bits per heavy atom. The Balaban J connectivity index is 1.85. The molecule has 2 heterocycles. The van der Waals surface area contributed by atoms with Crippen molar-refractivity contribution >= 4 is 27.6 Å². The summed E-state index contributed by atoms with van der Waals surface area (Å²) in [5, 5.41) is 2.22. The number of aromatic nitrogens is 1. The summed E-state index contributed by atoms with van der Waals surface area (Å²) in [5.41, 5.74) is 8.05. The minimum Gasteiger partial charge on any atom is -0.455 e. The fourth-order valence-corrected chi connectivity index (χ4v) is 4.05. The molecule has 0 N–H and O–H groups in total. The lowest BCUT2D eigenvalue weighted by Crippen LogP contribution is -2.30. The minimum absolute atomic E-state index is 0.646. The smallest absolute Gasteiger partial charge is 0.216 e. The third-order valence-corrected chi connectivity index (χ3v) is 5.49. The Hall–Kier alpha value is -3.90. The molecule has 0 saturated heterocycles. The average molecular weight is 375 g/mol. The maximum Gasteiger partial charge on any atom is 0.216 e. The van der Waals surface area contributed by atoms with Gasteiger partial charge in [0.1, 0.15) is 18.2 Å². The summed E-state index contributed by atoms with van der Waals surface area (Å²) in [6.07, 6.45) is 2.06. The van der Waals surface area contributed by atoms with E-state index in [4.69, 9.17) is 11.0 Å². The summed E-state index contributed by atoms with van der Waals surface area (Å²) >= 11 is 0. The number of benzene rings is 3. The average Bonchev–Trinajstić information content (AvgIpc) is 3.13. The molecular weight excluding hydrogens is 356 g/mol. The molecule has 3 nitrogen and oxygen atoms in total. The van der Waals surface area contributed by atoms with Crippen LogP contribution in [0.25, 0.3) is 49.2 Å². The summed E-state index contributed by atoms with van der Waals surface area (Å²) in [6.45, 7) is 9.31. The minimum atomic E-state index is 0.646. The van der Waals surface area contributed by atoms with Crippen LogP contribution in [0.4, 0.5) is 5.69 Å². The fourth-order valence-electron chi connectivity index (χ4n) is 4.05. The van der Waals surface area contributed by atoms with E-state index in [1.54, 1.807) is 0 Å². The van der Waals surface area contributed by atoms with Gasteiger partial charge < -0.3 is 4.42 Å². The number of aryl methyl sites for hydroxylation is 2. The fraction of sp³-hybridized carbons (Fsp3) is 0.0769. The van der Waals surface area contributed by atoms with Gasteiger partial charge in [0.2, 0.25) is 5.69 Å². The number of furan rings is 1. The van der Waals surface area contributed by atoms with Crippen LogP contribution in [0, 0.1) is 13.5 Å². The van der Waals surface area contributed by atoms with Crippen molar-refractivity contribution in [3.63, 3.8) is 0 Å². The first-order valence-electron chi connectivity index (χ1n) is 9.55. The highest BCUT2D eigenvalue weighted by molar-refractivity contribution is 6.15. The van der Waals surface area contributed by atoms with Gasteiger partial charge in [-0.25, -0.2) is 9.41 Å². The summed E-state index contributed by atoms with van der Waals surface area (Å²) in [5.74, 6) is 0. The van der Waals surface area contributed by atoms with Crippen LogP contribution in [0.15, 0.2) is 83.4 Å². The van der Waals surface area contributed by atoms with Crippen LogP contribution in [-0.2, 0) is 7.05 Å². The van der Waals surface area contributed by atoms with E-state index in [1.807, 2.05) is 42.5 Å². The zero-order chi connectivity index (χ0) is 20.0. The van der Waals surface area contributed by atoms with Crippen LogP contribution in [-0.4, -0.2) is 0 Å². The van der Waals surface area contributed by atoms with E-state index in [0.29, 0.717) is 5.69 Å². The molecule has 0 radical (unpaired) electrons. The van der Waals surface area contributed by atoms with Gasteiger partial charge in [0, 0.05) is 22.9 Å². The van der Waals surface area contributed by atoms with E-state index < -0.39 is 0 Å². The number of hydrogen-bond acceptors (Lipinski definition) is 1. The lowest BCUT2D eigenvalue weighted by atomic mass is 9.96. The van der Waals surface area contributed by atoms with Gasteiger partial charge in [0.15, 0.2) is 11.9 Å². The lowest BCUT2D eigenvalue weighted by Gasteiger charge is -2.06. The zero-order valence-electron chi connectivity index (χ0n) is 16.3. The van der Waals surface area contributed by atoms with Crippen LogP contribution in [0.5, 0.6) is 0 Å². The first-order chi connectivity index (χ1) is 14.2. The van der Waals surface area contributed by atoms with Crippen LogP contribution in [0.2, 0.25) is 0 Å². The van der Waals surface area contributed by atoms with E-state index in [9.17, 15) is 0 Å². The molecule has 0 bridgehead atoms. The van der Waals surface area contributed by atoms with Crippen molar-refractivity contribution in [2.75, 3.05) is 0 Å². The van der Waals surface area contributed by atoms with E-state index in [0.717, 1.165) is 44.3 Å². The number of pyridine rings is 1. The number of rotatable bonds is 2. The molecule has 5 aromatic rings. The summed E-state index contributed by atoms with van der Waals surface area (Å²) in [7, 11) is 2.06. The molecular formula is C26H19N2O+. The molecule has 0 aliphatic carbocycles. The maximum atomic E-state index is 7.18. The first-order valence-corrected chi connectivity index (χ1v) is 9.55. The van der Waals surface area contributed by atoms with E-state index >= 15 is 0 Å². The van der Waals surface area contributed by atoms with Gasteiger partial charge in [0.25, 0.3) is 0 Å². The monoisotopic (exact) mass is 375 g/mol. The van der Waals surface area contributed by atoms with Gasteiger partial charge in [-0.3, -0.25) is 0 Å². The molecule has 3 heteroatoms. The van der Waals surface area contributed by atoms with Crippen molar-refractivity contribution in [1.29, 1.82) is 0 Å². The highest BCUT2D eigenvalue weighted by Gasteiger charge is 2.21. The summed E-state index contributed by atoms with van der Waals surface area (Å²) in [4.78, 5) is 3.50. The zero-order valence-corrected chi connectivity index (χ0v) is 16.3. The van der Waals surface area contributed by atoms with E-state index in [2.05, 4.69) is 59.9 Å². The predicted octanol–water partition coefficient (Wildman–Crippen LogP) is 6.60. The predicted molar refractivity (Wildman–Crippen MR) is 117 cm³/mol. The Bertz CT molecular complexity index is 1420. The first kappa shape index (κ1) is 17.2. The van der Waals surface area contributed by atoms with Crippen molar-refractivity contribution in [2.24, 2.45) is 7.05 Å². The van der Waals surface area contributed by atoms with E-state index in [-0.39, 0.29) is 0 Å². The van der Waals surface area contributed by atoms with E-state index in [1.165, 1.54) is 5.56 Å². The Morgan fingerprint density at radius 1 is 0.897 bits per heavy atom. The van der Waals surface area contributed by atoms with Gasteiger partial charge in [-0.05, 0) is 35.7 Å². The largest absolute Gasteiger partial charge is 0.455 e. The quantitative estimate of drug-likeness (QED) is 0.251. The molecule has 0 saturated carbocycles. The molecule has 0 fully saturated rings. The summed E-state index contributed by atoms with van der Waals surface area (Å²) in [6, 6.07) is 24.4. The topological polar surface area (TPSA) is 21.4 Å². The van der Waals surface area contributed by atoms with Crippen molar-refractivity contribution < 1.29 is 8.98 Å². The second kappa shape index (κ2) is 6.61. The molecule has 0 unspecified atom stereocenters. The number of fused-ring (bicyclic) bond motifs is 3. The molecule has 5 rings (SSSR count). The molecule has 138 valence electrons. The normalized spacial score (nSPS) is 11.1. The second-order valence-corrected chi connectivity index (χ2v) is 7.27. The van der Waals surface area contributed by atoms with Gasteiger partial charge in [-0.15, -0.1) is 0 Å². The third kappa shape index (κ3) is 2.69. The van der Waals surface area contributed by atoms with Gasteiger partial charge in [-0.2, -0.15) is 0 Å². The highest BCUT2D eigenvalue weighted by atomic mass is 16.3. The molecule has 0 spiro atoms. The Kier molecular flexibility index (Phi) is 3.93. The highest BCUT2D eigenvalue weighted by Crippen LogP contribution is 2.41. The standard InChI is InChI=1S/C26H19N2O/c1-17-10-15-21-25-20(18-11-13-19(27-2)14-12-18)7-6-9-23(25)29-26(21)24(17)22-8-4-5-16-28(22)3/h4-16H,1,3H3/q+1. The van der Waals surface area contributed by atoms with Crippen LogP contribution < -0.4 is 4.57 Å². The second-order valence-electron chi connectivity index (χ2n) is 7.27. The van der Waals surface area contributed by atoms with Crippen LogP contribution in [0.3, 0.4) is 0 Å². The van der Waals surface area contributed by atoms with Crippen LogP contribution >= 0.6 is 0 Å². The van der Waals surface area contributed by atoms with Gasteiger partial charge in [0.05, 0.1) is 12.1 Å². The van der Waals surface area contributed by atoms with Gasteiger partial charge in [-0.1, -0.05) is 48.5 Å². The van der Waals surface area contributed by atoms with Gasteiger partial charge >= 0.3 is 0 Å². The molecule has 0 atom stereocenters. The number of hydrogen-bond donors (Lipinski definition) is 0. The molecule has 2 aromatic heterocycles. The SMILES string of the molecule is [C-]#[N+]c1ccc(-c2cccc3oc4c(-c5cccc[n+]5C)c(C)ccc4c23)cc1. The van der Waals surface area contributed by atoms with Crippen LogP contribution in [0.1, 0.15) is 5.56 Å². The lowest BCUT2D eigenvalue weighted by molar-refractivity contribution is -0.660. The number of nitrogens with zero attached hydrogens (tertiary/aromatic N) is 2.